The Morgan fingerprint density at radius 3 is 2.64 bits per heavy atom. The molecular weight excluding hydrogens is 336 g/mol. The van der Waals surface area contributed by atoms with Crippen molar-refractivity contribution in [3.63, 3.8) is 0 Å². The smallest absolute Gasteiger partial charge is 0.226 e. The van der Waals surface area contributed by atoms with Crippen LogP contribution >= 0.6 is 11.3 Å². The van der Waals surface area contributed by atoms with E-state index in [0.717, 1.165) is 10.6 Å². The summed E-state index contributed by atoms with van der Waals surface area (Å²) in [7, 11) is 0. The van der Waals surface area contributed by atoms with Crippen molar-refractivity contribution in [2.24, 2.45) is 0 Å². The predicted molar refractivity (Wildman–Crippen MR) is 97.7 cm³/mol. The molecule has 2 amide bonds. The molecule has 3 rings (SSSR count). The number of imidazole rings is 1. The summed E-state index contributed by atoms with van der Waals surface area (Å²) in [5.41, 5.74) is 1.67. The Hall–Kier alpha value is -2.93. The number of amides is 2. The highest BCUT2D eigenvalue weighted by molar-refractivity contribution is 7.10. The highest BCUT2D eigenvalue weighted by atomic mass is 32.1. The molecular formula is C18H18N4O2S. The summed E-state index contributed by atoms with van der Waals surface area (Å²) in [5, 5.41) is 7.62. The fourth-order valence-corrected chi connectivity index (χ4v) is 3.26. The Morgan fingerprint density at radius 2 is 2.04 bits per heavy atom. The molecule has 7 heteroatoms. The van der Waals surface area contributed by atoms with Crippen molar-refractivity contribution < 1.29 is 9.59 Å². The Kier molecular flexibility index (Phi) is 5.25. The third-order valence-corrected chi connectivity index (χ3v) is 4.59. The Bertz CT molecular complexity index is 827. The summed E-state index contributed by atoms with van der Waals surface area (Å²) in [6.07, 6.45) is 5.46. The van der Waals surface area contributed by atoms with E-state index >= 15 is 0 Å². The molecule has 1 aromatic carbocycles. The Morgan fingerprint density at radius 1 is 1.24 bits per heavy atom. The summed E-state index contributed by atoms with van der Waals surface area (Å²) >= 11 is 1.52. The maximum absolute atomic E-state index is 12.3. The summed E-state index contributed by atoms with van der Waals surface area (Å²) in [5.74, 6) is -0.307. The molecule has 0 saturated heterocycles. The van der Waals surface area contributed by atoms with Crippen LogP contribution in [0.3, 0.4) is 0 Å². The molecule has 0 saturated carbocycles. The molecule has 3 aromatic rings. The first kappa shape index (κ1) is 16.9. The highest BCUT2D eigenvalue weighted by Crippen LogP contribution is 2.23. The molecule has 2 heterocycles. The second-order valence-electron chi connectivity index (χ2n) is 5.54. The molecule has 0 fully saturated rings. The van der Waals surface area contributed by atoms with Gasteiger partial charge in [-0.15, -0.1) is 11.3 Å². The molecule has 2 N–H and O–H groups in total. The average Bonchev–Trinajstić information content (AvgIpc) is 3.28. The van der Waals surface area contributed by atoms with E-state index in [2.05, 4.69) is 15.6 Å². The van der Waals surface area contributed by atoms with Crippen LogP contribution in [0.15, 0.2) is 60.5 Å². The SMILES string of the molecule is CC(=O)NC(CC(=O)Nc1ccc(-n2ccnc2)cc1)c1cccs1. The summed E-state index contributed by atoms with van der Waals surface area (Å²) in [6.45, 7) is 1.45. The van der Waals surface area contributed by atoms with Crippen molar-refractivity contribution in [2.75, 3.05) is 5.32 Å². The zero-order chi connectivity index (χ0) is 17.6. The molecule has 0 radical (unpaired) electrons. The van der Waals surface area contributed by atoms with Crippen LogP contribution < -0.4 is 10.6 Å². The lowest BCUT2D eigenvalue weighted by molar-refractivity contribution is -0.120. The van der Waals surface area contributed by atoms with Gasteiger partial charge in [0.05, 0.1) is 18.8 Å². The quantitative estimate of drug-likeness (QED) is 0.714. The summed E-state index contributed by atoms with van der Waals surface area (Å²) in [4.78, 5) is 28.7. The fourth-order valence-electron chi connectivity index (χ4n) is 2.48. The fraction of sp³-hybridized carbons (Fsp3) is 0.167. The van der Waals surface area contributed by atoms with Gasteiger partial charge in [-0.2, -0.15) is 0 Å². The molecule has 128 valence electrons. The zero-order valence-electron chi connectivity index (χ0n) is 13.7. The lowest BCUT2D eigenvalue weighted by atomic mass is 10.1. The average molecular weight is 354 g/mol. The normalized spacial score (nSPS) is 11.7. The lowest BCUT2D eigenvalue weighted by Gasteiger charge is -2.16. The number of anilines is 1. The van der Waals surface area contributed by atoms with E-state index in [-0.39, 0.29) is 24.3 Å². The minimum absolute atomic E-state index is 0.150. The van der Waals surface area contributed by atoms with Crippen LogP contribution in [0.4, 0.5) is 5.69 Å². The molecule has 0 bridgehead atoms. The maximum atomic E-state index is 12.3. The monoisotopic (exact) mass is 354 g/mol. The van der Waals surface area contributed by atoms with Crippen LogP contribution in [-0.4, -0.2) is 21.4 Å². The van der Waals surface area contributed by atoms with Crippen LogP contribution in [0.5, 0.6) is 0 Å². The number of rotatable bonds is 6. The lowest BCUT2D eigenvalue weighted by Crippen LogP contribution is -2.29. The van der Waals surface area contributed by atoms with E-state index in [1.165, 1.54) is 18.3 Å². The number of hydrogen-bond donors (Lipinski definition) is 2. The van der Waals surface area contributed by atoms with Gasteiger partial charge < -0.3 is 15.2 Å². The van der Waals surface area contributed by atoms with Crippen LogP contribution in [0, 0.1) is 0 Å². The Balaban J connectivity index is 1.63. The van der Waals surface area contributed by atoms with E-state index in [1.807, 2.05) is 52.5 Å². The maximum Gasteiger partial charge on any atom is 0.226 e. The first-order valence-corrected chi connectivity index (χ1v) is 8.68. The predicted octanol–water partition coefficient (Wildman–Crippen LogP) is 3.14. The molecule has 0 aliphatic carbocycles. The topological polar surface area (TPSA) is 76.0 Å². The van der Waals surface area contributed by atoms with E-state index in [4.69, 9.17) is 0 Å². The number of hydrogen-bond acceptors (Lipinski definition) is 4. The van der Waals surface area contributed by atoms with E-state index in [1.54, 1.807) is 12.5 Å². The number of thiophene rings is 1. The second kappa shape index (κ2) is 7.76. The van der Waals surface area contributed by atoms with Crippen molar-refractivity contribution in [3.05, 3.63) is 65.4 Å². The standard InChI is InChI=1S/C18H18N4O2S/c1-13(23)20-16(17-3-2-10-25-17)11-18(24)21-14-4-6-15(7-5-14)22-9-8-19-12-22/h2-10,12,16H,11H2,1H3,(H,20,23)(H,21,24). The van der Waals surface area contributed by atoms with Gasteiger partial charge in [-0.1, -0.05) is 6.07 Å². The van der Waals surface area contributed by atoms with Crippen LogP contribution in [0.1, 0.15) is 24.3 Å². The third kappa shape index (κ3) is 4.54. The summed E-state index contributed by atoms with van der Waals surface area (Å²) < 4.78 is 1.88. The molecule has 0 aliphatic rings. The van der Waals surface area contributed by atoms with Gasteiger partial charge in [0.25, 0.3) is 0 Å². The summed E-state index contributed by atoms with van der Waals surface area (Å²) in [6, 6.07) is 11.0. The van der Waals surface area contributed by atoms with Gasteiger partial charge in [-0.25, -0.2) is 4.98 Å². The van der Waals surface area contributed by atoms with Gasteiger partial charge in [-0.3, -0.25) is 9.59 Å². The van der Waals surface area contributed by atoms with Gasteiger partial charge in [0.15, 0.2) is 0 Å². The molecule has 0 spiro atoms. The number of aromatic nitrogens is 2. The van der Waals surface area contributed by atoms with Gasteiger partial charge in [-0.05, 0) is 35.7 Å². The minimum Gasteiger partial charge on any atom is -0.348 e. The molecule has 2 aromatic heterocycles. The molecule has 1 unspecified atom stereocenters. The van der Waals surface area contributed by atoms with Gasteiger partial charge >= 0.3 is 0 Å². The molecule has 0 aliphatic heterocycles. The van der Waals surface area contributed by atoms with Crippen molar-refractivity contribution in [1.82, 2.24) is 14.9 Å². The highest BCUT2D eigenvalue weighted by Gasteiger charge is 2.18. The van der Waals surface area contributed by atoms with Crippen LogP contribution in [-0.2, 0) is 9.59 Å². The van der Waals surface area contributed by atoms with Crippen molar-refractivity contribution >= 4 is 28.8 Å². The molecule has 1 atom stereocenters. The first-order valence-electron chi connectivity index (χ1n) is 7.80. The van der Waals surface area contributed by atoms with Gasteiger partial charge in [0.2, 0.25) is 11.8 Å². The van der Waals surface area contributed by atoms with Crippen molar-refractivity contribution in [2.45, 2.75) is 19.4 Å². The third-order valence-electron chi connectivity index (χ3n) is 3.61. The molecule has 25 heavy (non-hydrogen) atoms. The largest absolute Gasteiger partial charge is 0.348 e. The zero-order valence-corrected chi connectivity index (χ0v) is 14.5. The first-order chi connectivity index (χ1) is 12.1. The van der Waals surface area contributed by atoms with Crippen LogP contribution in [0.25, 0.3) is 5.69 Å². The van der Waals surface area contributed by atoms with E-state index in [0.29, 0.717) is 5.69 Å². The Labute approximate surface area is 149 Å². The number of carbonyl (C=O) groups is 2. The van der Waals surface area contributed by atoms with Crippen LogP contribution in [0.2, 0.25) is 0 Å². The number of carbonyl (C=O) groups excluding carboxylic acids is 2. The number of nitrogens with one attached hydrogen (secondary N) is 2. The van der Waals surface area contributed by atoms with Crippen molar-refractivity contribution in [3.8, 4) is 5.69 Å². The minimum atomic E-state index is -0.317. The van der Waals surface area contributed by atoms with Gasteiger partial charge in [0.1, 0.15) is 0 Å². The van der Waals surface area contributed by atoms with E-state index in [9.17, 15) is 9.59 Å². The number of nitrogens with zero attached hydrogens (tertiary/aromatic N) is 2. The van der Waals surface area contributed by atoms with Crippen molar-refractivity contribution in [1.29, 1.82) is 0 Å². The number of benzene rings is 1. The second-order valence-corrected chi connectivity index (χ2v) is 6.52. The van der Waals surface area contributed by atoms with E-state index < -0.39 is 0 Å². The molecule has 6 nitrogen and oxygen atoms in total. The van der Waals surface area contributed by atoms with Gasteiger partial charge in [0, 0.05) is 35.6 Å².